The third kappa shape index (κ3) is 7.07. The van der Waals surface area contributed by atoms with E-state index >= 15 is 0 Å². The molecule has 0 amide bonds. The van der Waals surface area contributed by atoms with Gasteiger partial charge in [0.05, 0.1) is 0 Å². The van der Waals surface area contributed by atoms with Gasteiger partial charge in [-0.3, -0.25) is 9.98 Å². The van der Waals surface area contributed by atoms with Gasteiger partial charge in [0.2, 0.25) is 0 Å². The molecule has 0 aliphatic heterocycles. The lowest BCUT2D eigenvalue weighted by Gasteiger charge is -2.11. The van der Waals surface area contributed by atoms with Crippen LogP contribution in [-0.4, -0.2) is 31.1 Å². The van der Waals surface area contributed by atoms with Gasteiger partial charge in [-0.15, -0.1) is 24.0 Å². The molecule has 0 aromatic carbocycles. The van der Waals surface area contributed by atoms with Gasteiger partial charge in [-0.25, -0.2) is 0 Å². The number of aliphatic imine (C=N–C) groups is 1. The van der Waals surface area contributed by atoms with Crippen LogP contribution in [0.25, 0.3) is 0 Å². The van der Waals surface area contributed by atoms with Gasteiger partial charge in [0, 0.05) is 38.4 Å². The summed E-state index contributed by atoms with van der Waals surface area (Å²) in [5.74, 6) is 1.91. The molecule has 0 bridgehead atoms. The number of hydrogen-bond donors (Lipinski definition) is 2. The van der Waals surface area contributed by atoms with Crippen LogP contribution in [0.2, 0.25) is 0 Å². The molecule has 112 valence electrons. The molecule has 2 N–H and O–H groups in total. The first kappa shape index (κ1) is 17.2. The summed E-state index contributed by atoms with van der Waals surface area (Å²) in [6, 6.07) is 6.01. The maximum Gasteiger partial charge on any atom is 0.190 e. The van der Waals surface area contributed by atoms with Crippen LogP contribution in [0, 0.1) is 5.92 Å². The number of guanidine groups is 1. The summed E-state index contributed by atoms with van der Waals surface area (Å²) in [6.45, 7) is 1.87. The maximum absolute atomic E-state index is 4.30. The van der Waals surface area contributed by atoms with Crippen molar-refractivity contribution in [3.63, 3.8) is 0 Å². The Morgan fingerprint density at radius 2 is 2.10 bits per heavy atom. The quantitative estimate of drug-likeness (QED) is 0.327. The fourth-order valence-corrected chi connectivity index (χ4v) is 2.08. The third-order valence-corrected chi connectivity index (χ3v) is 3.40. The van der Waals surface area contributed by atoms with E-state index in [9.17, 15) is 0 Å². The minimum atomic E-state index is 0. The zero-order valence-electron chi connectivity index (χ0n) is 12.1. The lowest BCUT2D eigenvalue weighted by Crippen LogP contribution is -2.38. The maximum atomic E-state index is 4.30. The Balaban J connectivity index is 0.00000200. The predicted octanol–water partition coefficient (Wildman–Crippen LogP) is 2.60. The average Bonchev–Trinajstić information content (AvgIpc) is 3.27. The molecule has 1 saturated carbocycles. The Labute approximate surface area is 138 Å². The summed E-state index contributed by atoms with van der Waals surface area (Å²) in [4.78, 5) is 8.53. The first-order chi connectivity index (χ1) is 9.38. The molecule has 1 aromatic rings. The topological polar surface area (TPSA) is 49.3 Å². The van der Waals surface area contributed by atoms with E-state index in [1.807, 2.05) is 31.4 Å². The van der Waals surface area contributed by atoms with Gasteiger partial charge in [0.15, 0.2) is 5.96 Å². The van der Waals surface area contributed by atoms with E-state index in [-0.39, 0.29) is 24.0 Å². The number of halogens is 1. The Hall–Kier alpha value is -0.850. The van der Waals surface area contributed by atoms with Gasteiger partial charge in [0.1, 0.15) is 0 Å². The second-order valence-corrected chi connectivity index (χ2v) is 5.08. The van der Waals surface area contributed by atoms with E-state index in [1.165, 1.54) is 25.7 Å². The van der Waals surface area contributed by atoms with E-state index in [4.69, 9.17) is 0 Å². The molecule has 0 atom stereocenters. The molecule has 1 heterocycles. The minimum Gasteiger partial charge on any atom is -0.356 e. The fraction of sp³-hybridized carbons (Fsp3) is 0.600. The third-order valence-electron chi connectivity index (χ3n) is 3.40. The number of aromatic nitrogens is 1. The van der Waals surface area contributed by atoms with E-state index in [2.05, 4.69) is 20.6 Å². The molecule has 0 unspecified atom stereocenters. The van der Waals surface area contributed by atoms with Gasteiger partial charge in [0.25, 0.3) is 0 Å². The Bertz CT molecular complexity index is 390. The predicted molar refractivity (Wildman–Crippen MR) is 94.7 cm³/mol. The van der Waals surface area contributed by atoms with E-state index in [1.54, 1.807) is 0 Å². The minimum absolute atomic E-state index is 0. The van der Waals surface area contributed by atoms with Crippen molar-refractivity contribution in [2.45, 2.75) is 32.1 Å². The molecule has 1 aliphatic rings. The largest absolute Gasteiger partial charge is 0.356 e. The first-order valence-electron chi connectivity index (χ1n) is 7.23. The zero-order chi connectivity index (χ0) is 13.3. The molecule has 2 rings (SSSR count). The highest BCUT2D eigenvalue weighted by Crippen LogP contribution is 2.33. The summed E-state index contributed by atoms with van der Waals surface area (Å²) in [5.41, 5.74) is 1.11. The van der Waals surface area contributed by atoms with Crippen molar-refractivity contribution in [3.05, 3.63) is 30.1 Å². The van der Waals surface area contributed by atoms with Crippen LogP contribution in [0.15, 0.2) is 29.4 Å². The average molecular weight is 388 g/mol. The molecule has 0 spiro atoms. The van der Waals surface area contributed by atoms with E-state index in [0.29, 0.717) is 0 Å². The first-order valence-corrected chi connectivity index (χ1v) is 7.23. The second kappa shape index (κ2) is 9.96. The molecule has 1 aliphatic carbocycles. The molecule has 5 heteroatoms. The normalized spacial score (nSPS) is 14.6. The number of nitrogens with one attached hydrogen (secondary N) is 2. The van der Waals surface area contributed by atoms with Crippen molar-refractivity contribution < 1.29 is 0 Å². The Morgan fingerprint density at radius 3 is 2.75 bits per heavy atom. The van der Waals surface area contributed by atoms with E-state index < -0.39 is 0 Å². The van der Waals surface area contributed by atoms with Gasteiger partial charge in [-0.05, 0) is 30.9 Å². The van der Waals surface area contributed by atoms with Crippen LogP contribution in [0.3, 0.4) is 0 Å². The van der Waals surface area contributed by atoms with Crippen LogP contribution in [0.1, 0.15) is 31.4 Å². The second-order valence-electron chi connectivity index (χ2n) is 5.08. The van der Waals surface area contributed by atoms with Gasteiger partial charge in [-0.1, -0.05) is 18.9 Å². The summed E-state index contributed by atoms with van der Waals surface area (Å²) in [7, 11) is 1.82. The molecule has 1 aromatic heterocycles. The SMILES string of the molecule is CN=C(NCCCC1CC1)NCCc1ccccn1.I. The summed E-state index contributed by atoms with van der Waals surface area (Å²) >= 11 is 0. The van der Waals surface area contributed by atoms with E-state index in [0.717, 1.165) is 37.1 Å². The van der Waals surface area contributed by atoms with Crippen LogP contribution in [0.4, 0.5) is 0 Å². The lowest BCUT2D eigenvalue weighted by molar-refractivity contribution is 0.644. The highest BCUT2D eigenvalue weighted by atomic mass is 127. The van der Waals surface area contributed by atoms with Gasteiger partial charge in [-0.2, -0.15) is 0 Å². The van der Waals surface area contributed by atoms with Gasteiger partial charge >= 0.3 is 0 Å². The Morgan fingerprint density at radius 1 is 1.30 bits per heavy atom. The van der Waals surface area contributed by atoms with Crippen molar-refractivity contribution >= 4 is 29.9 Å². The highest BCUT2D eigenvalue weighted by molar-refractivity contribution is 14.0. The lowest BCUT2D eigenvalue weighted by atomic mass is 10.2. The van der Waals surface area contributed by atoms with Crippen LogP contribution in [-0.2, 0) is 6.42 Å². The van der Waals surface area contributed by atoms with Crippen molar-refractivity contribution in [2.24, 2.45) is 10.9 Å². The molecule has 0 radical (unpaired) electrons. The fourth-order valence-electron chi connectivity index (χ4n) is 2.08. The van der Waals surface area contributed by atoms with Gasteiger partial charge < -0.3 is 10.6 Å². The van der Waals surface area contributed by atoms with Crippen molar-refractivity contribution in [1.29, 1.82) is 0 Å². The van der Waals surface area contributed by atoms with Crippen LogP contribution >= 0.6 is 24.0 Å². The number of rotatable bonds is 7. The highest BCUT2D eigenvalue weighted by Gasteiger charge is 2.19. The monoisotopic (exact) mass is 388 g/mol. The van der Waals surface area contributed by atoms with Crippen molar-refractivity contribution in [2.75, 3.05) is 20.1 Å². The zero-order valence-corrected chi connectivity index (χ0v) is 14.5. The Kier molecular flexibility index (Phi) is 8.57. The molecule has 1 fully saturated rings. The molecule has 0 saturated heterocycles. The standard InChI is InChI=1S/C15H24N4.HI/c1-16-15(18-11-4-5-13-7-8-13)19-12-9-14-6-2-3-10-17-14;/h2-3,6,10,13H,4-5,7-9,11-12H2,1H3,(H2,16,18,19);1H. The molecule has 20 heavy (non-hydrogen) atoms. The molecular formula is C15H25IN4. The molecule has 4 nitrogen and oxygen atoms in total. The summed E-state index contributed by atoms with van der Waals surface area (Å²) in [5, 5.41) is 6.68. The van der Waals surface area contributed by atoms with Crippen molar-refractivity contribution in [3.8, 4) is 0 Å². The van der Waals surface area contributed by atoms with Crippen LogP contribution < -0.4 is 10.6 Å². The number of pyridine rings is 1. The number of hydrogen-bond acceptors (Lipinski definition) is 2. The van der Waals surface area contributed by atoms with Crippen LogP contribution in [0.5, 0.6) is 0 Å². The smallest absolute Gasteiger partial charge is 0.190 e. The number of nitrogens with zero attached hydrogens (tertiary/aromatic N) is 2. The summed E-state index contributed by atoms with van der Waals surface area (Å²) in [6.07, 6.45) is 8.24. The summed E-state index contributed by atoms with van der Waals surface area (Å²) < 4.78 is 0. The molecular weight excluding hydrogens is 363 g/mol. The van der Waals surface area contributed by atoms with Crippen molar-refractivity contribution in [1.82, 2.24) is 15.6 Å².